The van der Waals surface area contributed by atoms with Crippen LogP contribution in [0.2, 0.25) is 5.02 Å². The smallest absolute Gasteiger partial charge is 0.269 e. The first-order valence-corrected chi connectivity index (χ1v) is 11.3. The second-order valence-corrected chi connectivity index (χ2v) is 8.92. The Morgan fingerprint density at radius 2 is 1.71 bits per heavy atom. The fourth-order valence-electron chi connectivity index (χ4n) is 3.75. The number of halogens is 2. The minimum absolute atomic E-state index is 0.0205. The van der Waals surface area contributed by atoms with Gasteiger partial charge in [-0.05, 0) is 48.0 Å². The van der Waals surface area contributed by atoms with Gasteiger partial charge in [-0.3, -0.25) is 24.5 Å². The Bertz CT molecular complexity index is 1280. The van der Waals surface area contributed by atoms with Crippen molar-refractivity contribution < 1.29 is 19.3 Å². The fraction of sp³-hybridized carbons (Fsp3) is 0.125. The summed E-state index contributed by atoms with van der Waals surface area (Å²) in [4.78, 5) is 52.5. The lowest BCUT2D eigenvalue weighted by atomic mass is 10.1. The SMILES string of the molecule is O=C1CC(N(Cc2ccccc2Cl)C(=O)c2ccc([N+](=O)[O-])cc2)C(=O)N1c1ccc(Br)cc1. The summed E-state index contributed by atoms with van der Waals surface area (Å²) in [6.45, 7) is -0.0205. The van der Waals surface area contributed by atoms with Crippen molar-refractivity contribution >= 4 is 56.6 Å². The van der Waals surface area contributed by atoms with E-state index in [4.69, 9.17) is 11.6 Å². The summed E-state index contributed by atoms with van der Waals surface area (Å²) in [5, 5.41) is 11.4. The van der Waals surface area contributed by atoms with Crippen LogP contribution >= 0.6 is 27.5 Å². The molecular formula is C24H17BrClN3O5. The highest BCUT2D eigenvalue weighted by Crippen LogP contribution is 2.30. The van der Waals surface area contributed by atoms with E-state index in [9.17, 15) is 24.5 Å². The van der Waals surface area contributed by atoms with Crippen LogP contribution in [0.3, 0.4) is 0 Å². The zero-order valence-corrected chi connectivity index (χ0v) is 19.9. The molecule has 0 radical (unpaired) electrons. The average molecular weight is 543 g/mol. The molecule has 1 saturated heterocycles. The Labute approximate surface area is 208 Å². The molecule has 4 rings (SSSR count). The molecule has 0 saturated carbocycles. The predicted molar refractivity (Wildman–Crippen MR) is 129 cm³/mol. The van der Waals surface area contributed by atoms with E-state index in [-0.39, 0.29) is 24.2 Å². The number of rotatable bonds is 6. The van der Waals surface area contributed by atoms with Crippen LogP contribution in [-0.2, 0) is 16.1 Å². The number of benzene rings is 3. The van der Waals surface area contributed by atoms with Crippen LogP contribution in [0, 0.1) is 10.1 Å². The summed E-state index contributed by atoms with van der Waals surface area (Å²) < 4.78 is 0.792. The van der Waals surface area contributed by atoms with E-state index in [0.29, 0.717) is 16.3 Å². The third-order valence-electron chi connectivity index (χ3n) is 5.47. The summed E-state index contributed by atoms with van der Waals surface area (Å²) in [5.41, 5.74) is 0.991. The second-order valence-electron chi connectivity index (χ2n) is 7.59. The van der Waals surface area contributed by atoms with Gasteiger partial charge in [0.1, 0.15) is 6.04 Å². The van der Waals surface area contributed by atoms with Crippen LogP contribution in [0.1, 0.15) is 22.3 Å². The van der Waals surface area contributed by atoms with E-state index in [0.717, 1.165) is 9.37 Å². The summed E-state index contributed by atoms with van der Waals surface area (Å²) in [7, 11) is 0. The van der Waals surface area contributed by atoms with Gasteiger partial charge in [-0.25, -0.2) is 4.90 Å². The van der Waals surface area contributed by atoms with Gasteiger partial charge in [0, 0.05) is 33.7 Å². The molecule has 8 nitrogen and oxygen atoms in total. The molecule has 0 aromatic heterocycles. The van der Waals surface area contributed by atoms with Crippen molar-refractivity contribution in [2.24, 2.45) is 0 Å². The molecule has 3 aromatic carbocycles. The number of amides is 3. The molecule has 10 heteroatoms. The van der Waals surface area contributed by atoms with E-state index >= 15 is 0 Å². The number of hydrogen-bond acceptors (Lipinski definition) is 5. The van der Waals surface area contributed by atoms with E-state index in [1.54, 1.807) is 48.5 Å². The second kappa shape index (κ2) is 9.74. The molecule has 172 valence electrons. The van der Waals surface area contributed by atoms with Crippen molar-refractivity contribution in [2.45, 2.75) is 19.0 Å². The summed E-state index contributed by atoms with van der Waals surface area (Å²) >= 11 is 9.63. The van der Waals surface area contributed by atoms with E-state index in [2.05, 4.69) is 15.9 Å². The van der Waals surface area contributed by atoms with Crippen LogP contribution in [0.15, 0.2) is 77.3 Å². The quantitative estimate of drug-likeness (QED) is 0.248. The largest absolute Gasteiger partial charge is 0.322 e. The molecule has 1 unspecified atom stereocenters. The van der Waals surface area contributed by atoms with E-state index in [1.165, 1.54) is 29.2 Å². The van der Waals surface area contributed by atoms with Crippen LogP contribution in [0.25, 0.3) is 0 Å². The highest BCUT2D eigenvalue weighted by atomic mass is 79.9. The number of hydrogen-bond donors (Lipinski definition) is 0. The molecule has 1 aliphatic heterocycles. The molecule has 34 heavy (non-hydrogen) atoms. The van der Waals surface area contributed by atoms with Gasteiger partial charge in [-0.2, -0.15) is 0 Å². The van der Waals surface area contributed by atoms with Crippen molar-refractivity contribution in [1.82, 2.24) is 4.90 Å². The molecule has 0 spiro atoms. The zero-order chi connectivity index (χ0) is 24.4. The van der Waals surface area contributed by atoms with Crippen LogP contribution in [0.4, 0.5) is 11.4 Å². The van der Waals surface area contributed by atoms with Gasteiger partial charge in [-0.1, -0.05) is 45.7 Å². The van der Waals surface area contributed by atoms with Crippen molar-refractivity contribution in [1.29, 1.82) is 0 Å². The molecule has 0 aliphatic carbocycles. The first-order chi connectivity index (χ1) is 16.3. The Balaban J connectivity index is 1.70. The third-order valence-corrected chi connectivity index (χ3v) is 6.37. The number of imide groups is 1. The lowest BCUT2D eigenvalue weighted by molar-refractivity contribution is -0.384. The molecule has 3 aromatic rings. The van der Waals surface area contributed by atoms with Gasteiger partial charge >= 0.3 is 0 Å². The molecule has 0 bridgehead atoms. The summed E-state index contributed by atoms with van der Waals surface area (Å²) in [6.07, 6.45) is -0.196. The maximum Gasteiger partial charge on any atom is 0.269 e. The van der Waals surface area contributed by atoms with Crippen molar-refractivity contribution in [3.05, 3.63) is 104 Å². The Kier molecular flexibility index (Phi) is 6.76. The molecule has 1 fully saturated rings. The molecule has 1 aliphatic rings. The van der Waals surface area contributed by atoms with Crippen LogP contribution < -0.4 is 4.90 Å². The summed E-state index contributed by atoms with van der Waals surface area (Å²) in [6, 6.07) is 17.6. The Morgan fingerprint density at radius 1 is 1.06 bits per heavy atom. The standard InChI is InChI=1S/C24H17BrClN3O5/c25-17-7-11-18(12-8-17)28-22(30)13-21(24(28)32)27(14-16-3-1-2-4-20(16)26)23(31)15-5-9-19(10-6-15)29(33)34/h1-12,21H,13-14H2. The minimum atomic E-state index is -1.06. The number of nitrogens with zero attached hydrogens (tertiary/aromatic N) is 3. The number of carbonyl (C=O) groups is 3. The normalized spacial score (nSPS) is 15.5. The van der Waals surface area contributed by atoms with Gasteiger partial charge in [0.2, 0.25) is 5.91 Å². The fourth-order valence-corrected chi connectivity index (χ4v) is 4.21. The van der Waals surface area contributed by atoms with Crippen LogP contribution in [-0.4, -0.2) is 33.6 Å². The number of anilines is 1. The monoisotopic (exact) mass is 541 g/mol. The Morgan fingerprint density at radius 3 is 2.32 bits per heavy atom. The van der Waals surface area contributed by atoms with Gasteiger partial charge < -0.3 is 4.90 Å². The van der Waals surface area contributed by atoms with Gasteiger partial charge in [-0.15, -0.1) is 0 Å². The topological polar surface area (TPSA) is 101 Å². The van der Waals surface area contributed by atoms with Crippen molar-refractivity contribution in [3.63, 3.8) is 0 Å². The number of carbonyl (C=O) groups excluding carboxylic acids is 3. The van der Waals surface area contributed by atoms with Crippen molar-refractivity contribution in [2.75, 3.05) is 4.90 Å². The predicted octanol–water partition coefficient (Wildman–Crippen LogP) is 4.99. The minimum Gasteiger partial charge on any atom is -0.322 e. The third kappa shape index (κ3) is 4.71. The average Bonchev–Trinajstić information content (AvgIpc) is 3.12. The number of non-ortho nitro benzene ring substituents is 1. The molecular weight excluding hydrogens is 526 g/mol. The zero-order valence-electron chi connectivity index (χ0n) is 17.6. The first kappa shape index (κ1) is 23.6. The Hall–Kier alpha value is -3.56. The molecule has 3 amide bonds. The number of nitro benzene ring substituents is 1. The van der Waals surface area contributed by atoms with E-state index < -0.39 is 28.7 Å². The van der Waals surface area contributed by atoms with Gasteiger partial charge in [0.05, 0.1) is 17.0 Å². The molecule has 0 N–H and O–H groups in total. The highest BCUT2D eigenvalue weighted by Gasteiger charge is 2.44. The van der Waals surface area contributed by atoms with Crippen molar-refractivity contribution in [3.8, 4) is 0 Å². The number of nitro groups is 1. The molecule has 1 heterocycles. The lowest BCUT2D eigenvalue weighted by Crippen LogP contribution is -2.45. The summed E-state index contributed by atoms with van der Waals surface area (Å²) in [5.74, 6) is -1.51. The van der Waals surface area contributed by atoms with E-state index in [1.807, 2.05) is 0 Å². The molecule has 1 atom stereocenters. The van der Waals surface area contributed by atoms with Gasteiger partial charge in [0.15, 0.2) is 0 Å². The maximum atomic E-state index is 13.5. The highest BCUT2D eigenvalue weighted by molar-refractivity contribution is 9.10. The maximum absolute atomic E-state index is 13.5. The van der Waals surface area contributed by atoms with Crippen LogP contribution in [0.5, 0.6) is 0 Å². The first-order valence-electron chi connectivity index (χ1n) is 10.2. The lowest BCUT2D eigenvalue weighted by Gasteiger charge is -2.28. The van der Waals surface area contributed by atoms with Gasteiger partial charge in [0.25, 0.3) is 17.5 Å².